The molecule has 1 fully saturated rings. The molecule has 120 valence electrons. The molecule has 0 radical (unpaired) electrons. The van der Waals surface area contributed by atoms with Crippen molar-refractivity contribution in [3.05, 3.63) is 35.5 Å². The molecular formula is C19H28N2S. The summed E-state index contributed by atoms with van der Waals surface area (Å²) in [4.78, 5) is 5.82. The Morgan fingerprint density at radius 2 is 2.00 bits per heavy atom. The van der Waals surface area contributed by atoms with Crippen molar-refractivity contribution in [3.8, 4) is 0 Å². The second-order valence-corrected chi connectivity index (χ2v) is 8.63. The topological polar surface area (TPSA) is 19.0 Å². The zero-order chi connectivity index (χ0) is 16.1. The highest BCUT2D eigenvalue weighted by molar-refractivity contribution is 7.81. The SMILES string of the molecule is CCc1ccc2[nH]cc(C3CC(C)(C)N(C)C(C)(S)C3)c2c1. The predicted molar refractivity (Wildman–Crippen MR) is 98.9 cm³/mol. The molecule has 0 aliphatic carbocycles. The summed E-state index contributed by atoms with van der Waals surface area (Å²) in [6.07, 6.45) is 5.56. The van der Waals surface area contributed by atoms with E-state index in [1.807, 2.05) is 0 Å². The third-order valence-electron chi connectivity index (χ3n) is 5.64. The fraction of sp³-hybridized carbons (Fsp3) is 0.579. The van der Waals surface area contributed by atoms with Gasteiger partial charge >= 0.3 is 0 Å². The van der Waals surface area contributed by atoms with Crippen LogP contribution in [0.1, 0.15) is 57.6 Å². The molecule has 3 rings (SSSR count). The number of thiol groups is 1. The first-order chi connectivity index (χ1) is 10.2. The van der Waals surface area contributed by atoms with Gasteiger partial charge in [0.1, 0.15) is 0 Å². The van der Waals surface area contributed by atoms with Crippen LogP contribution in [0.2, 0.25) is 0 Å². The molecule has 3 heteroatoms. The van der Waals surface area contributed by atoms with Gasteiger partial charge in [0.2, 0.25) is 0 Å². The summed E-state index contributed by atoms with van der Waals surface area (Å²) in [7, 11) is 2.20. The molecule has 0 bridgehead atoms. The molecule has 22 heavy (non-hydrogen) atoms. The van der Waals surface area contributed by atoms with Gasteiger partial charge < -0.3 is 4.98 Å². The van der Waals surface area contributed by atoms with Crippen LogP contribution in [0.4, 0.5) is 0 Å². The number of nitrogens with zero attached hydrogens (tertiary/aromatic N) is 1. The Hall–Kier alpha value is -0.930. The molecule has 1 aromatic heterocycles. The number of nitrogens with one attached hydrogen (secondary N) is 1. The number of benzene rings is 1. The first-order valence-corrected chi connectivity index (χ1v) is 8.75. The van der Waals surface area contributed by atoms with Crippen LogP contribution in [0, 0.1) is 0 Å². The highest BCUT2D eigenvalue weighted by Crippen LogP contribution is 2.47. The van der Waals surface area contributed by atoms with Crippen molar-refractivity contribution in [1.82, 2.24) is 9.88 Å². The molecule has 2 atom stereocenters. The van der Waals surface area contributed by atoms with Gasteiger partial charge in [0.25, 0.3) is 0 Å². The third kappa shape index (κ3) is 2.59. The normalized spacial score (nSPS) is 29.1. The van der Waals surface area contributed by atoms with Gasteiger partial charge in [-0.1, -0.05) is 13.0 Å². The Bertz CT molecular complexity index is 666. The summed E-state index contributed by atoms with van der Waals surface area (Å²) < 4.78 is 0. The maximum atomic E-state index is 4.97. The van der Waals surface area contributed by atoms with Gasteiger partial charge in [-0.2, -0.15) is 12.6 Å². The van der Waals surface area contributed by atoms with Crippen LogP contribution in [0.15, 0.2) is 24.4 Å². The maximum absolute atomic E-state index is 4.97. The van der Waals surface area contributed by atoms with Crippen molar-refractivity contribution in [1.29, 1.82) is 0 Å². The molecule has 0 amide bonds. The molecule has 1 saturated heterocycles. The van der Waals surface area contributed by atoms with E-state index in [9.17, 15) is 0 Å². The van der Waals surface area contributed by atoms with Crippen LogP contribution in [-0.2, 0) is 6.42 Å². The summed E-state index contributed by atoms with van der Waals surface area (Å²) in [5.74, 6) is 0.551. The number of hydrogen-bond donors (Lipinski definition) is 2. The van der Waals surface area contributed by atoms with Gasteiger partial charge in [-0.05, 0) is 76.3 Å². The van der Waals surface area contributed by atoms with E-state index in [0.717, 1.165) is 12.8 Å². The molecule has 1 aliphatic rings. The number of rotatable bonds is 2. The lowest BCUT2D eigenvalue weighted by molar-refractivity contribution is 0.0299. The molecule has 2 heterocycles. The minimum absolute atomic E-state index is 0.0711. The minimum atomic E-state index is -0.0711. The van der Waals surface area contributed by atoms with E-state index < -0.39 is 0 Å². The van der Waals surface area contributed by atoms with Crippen molar-refractivity contribution in [2.45, 2.75) is 63.3 Å². The van der Waals surface area contributed by atoms with E-state index in [1.54, 1.807) is 0 Å². The Morgan fingerprint density at radius 3 is 2.64 bits per heavy atom. The average Bonchev–Trinajstić information content (AvgIpc) is 2.86. The predicted octanol–water partition coefficient (Wildman–Crippen LogP) is 4.96. The molecule has 2 unspecified atom stereocenters. The van der Waals surface area contributed by atoms with Crippen molar-refractivity contribution in [3.63, 3.8) is 0 Å². The number of aromatic amines is 1. The Balaban J connectivity index is 2.04. The van der Waals surface area contributed by atoms with Crippen LogP contribution in [-0.4, -0.2) is 27.3 Å². The lowest BCUT2D eigenvalue weighted by atomic mass is 9.76. The molecule has 0 saturated carbocycles. The van der Waals surface area contributed by atoms with Gasteiger partial charge in [0.05, 0.1) is 4.87 Å². The second kappa shape index (κ2) is 5.31. The lowest BCUT2D eigenvalue weighted by Crippen LogP contribution is -2.56. The number of aromatic nitrogens is 1. The van der Waals surface area contributed by atoms with Gasteiger partial charge in [-0.3, -0.25) is 4.90 Å². The Kier molecular flexibility index (Phi) is 3.85. The molecular weight excluding hydrogens is 288 g/mol. The molecule has 1 aliphatic heterocycles. The van der Waals surface area contributed by atoms with Crippen LogP contribution < -0.4 is 0 Å². The van der Waals surface area contributed by atoms with Crippen molar-refractivity contribution in [2.75, 3.05) is 7.05 Å². The quantitative estimate of drug-likeness (QED) is 0.749. The fourth-order valence-corrected chi connectivity index (χ4v) is 4.53. The van der Waals surface area contributed by atoms with Crippen LogP contribution >= 0.6 is 12.6 Å². The lowest BCUT2D eigenvalue weighted by Gasteiger charge is -2.53. The van der Waals surface area contributed by atoms with Gasteiger partial charge in [0, 0.05) is 22.6 Å². The third-order valence-corrected chi connectivity index (χ3v) is 6.12. The molecule has 2 nitrogen and oxygen atoms in total. The highest BCUT2D eigenvalue weighted by atomic mass is 32.1. The number of H-pyrrole nitrogens is 1. The first-order valence-electron chi connectivity index (χ1n) is 8.31. The smallest absolute Gasteiger partial charge is 0.0619 e. The number of hydrogen-bond acceptors (Lipinski definition) is 2. The number of likely N-dealkylation sites (tertiary alicyclic amines) is 1. The summed E-state index contributed by atoms with van der Waals surface area (Å²) in [5.41, 5.74) is 4.29. The summed E-state index contributed by atoms with van der Waals surface area (Å²) in [6.45, 7) is 9.13. The minimum Gasteiger partial charge on any atom is -0.361 e. The van der Waals surface area contributed by atoms with E-state index >= 15 is 0 Å². The van der Waals surface area contributed by atoms with E-state index in [-0.39, 0.29) is 10.4 Å². The Morgan fingerprint density at radius 1 is 1.27 bits per heavy atom. The van der Waals surface area contributed by atoms with Crippen molar-refractivity contribution >= 4 is 23.5 Å². The van der Waals surface area contributed by atoms with Crippen LogP contribution in [0.5, 0.6) is 0 Å². The standard InChI is InChI=1S/C19H28N2S/c1-6-13-7-8-17-15(9-13)16(12-20-17)14-10-18(2,3)21(5)19(4,22)11-14/h7-9,12,14,20,22H,6,10-11H2,1-5H3. The highest BCUT2D eigenvalue weighted by Gasteiger charge is 2.44. The van der Waals surface area contributed by atoms with Crippen molar-refractivity contribution < 1.29 is 0 Å². The molecule has 0 spiro atoms. The first kappa shape index (κ1) is 15.9. The van der Waals surface area contributed by atoms with Gasteiger partial charge in [-0.15, -0.1) is 0 Å². The average molecular weight is 317 g/mol. The van der Waals surface area contributed by atoms with Crippen LogP contribution in [0.3, 0.4) is 0 Å². The maximum Gasteiger partial charge on any atom is 0.0619 e. The summed E-state index contributed by atoms with van der Waals surface area (Å²) in [6, 6.07) is 6.81. The molecule has 1 N–H and O–H groups in total. The zero-order valence-electron chi connectivity index (χ0n) is 14.4. The second-order valence-electron chi connectivity index (χ2n) is 7.67. The van der Waals surface area contributed by atoms with Gasteiger partial charge in [-0.25, -0.2) is 0 Å². The number of aryl methyl sites for hydroxylation is 1. The Labute approximate surface area is 139 Å². The number of fused-ring (bicyclic) bond motifs is 1. The summed E-state index contributed by atoms with van der Waals surface area (Å²) >= 11 is 4.97. The number of piperidine rings is 1. The van der Waals surface area contributed by atoms with Crippen molar-refractivity contribution in [2.24, 2.45) is 0 Å². The van der Waals surface area contributed by atoms with E-state index in [0.29, 0.717) is 5.92 Å². The monoisotopic (exact) mass is 316 g/mol. The summed E-state index contributed by atoms with van der Waals surface area (Å²) in [5, 5.41) is 1.40. The van der Waals surface area contributed by atoms with E-state index in [4.69, 9.17) is 12.6 Å². The molecule has 2 aromatic rings. The zero-order valence-corrected chi connectivity index (χ0v) is 15.3. The van der Waals surface area contributed by atoms with Gasteiger partial charge in [0.15, 0.2) is 0 Å². The van der Waals surface area contributed by atoms with E-state index in [2.05, 4.69) is 69.0 Å². The van der Waals surface area contributed by atoms with Crippen LogP contribution in [0.25, 0.3) is 10.9 Å². The molecule has 1 aromatic carbocycles. The largest absolute Gasteiger partial charge is 0.361 e. The van der Waals surface area contributed by atoms with E-state index in [1.165, 1.54) is 28.5 Å². The fourth-order valence-electron chi connectivity index (χ4n) is 4.03.